The second kappa shape index (κ2) is 8.25. The van der Waals surface area contributed by atoms with Crippen LogP contribution in [0.1, 0.15) is 6.92 Å². The van der Waals surface area contributed by atoms with Gasteiger partial charge in [0, 0.05) is 14.1 Å². The quantitative estimate of drug-likeness (QED) is 0.443. The van der Waals surface area contributed by atoms with Crippen LogP contribution in [0.4, 0.5) is 5.82 Å². The predicted molar refractivity (Wildman–Crippen MR) is 98.5 cm³/mol. The number of rotatable bonds is 8. The molecule has 10 heteroatoms. The fourth-order valence-electron chi connectivity index (χ4n) is 2.45. The summed E-state index contributed by atoms with van der Waals surface area (Å²) in [6.07, 6.45) is 3.03. The Morgan fingerprint density at radius 3 is 2.85 bits per heavy atom. The number of hydrogen-bond acceptors (Lipinski definition) is 8. The molecule has 0 aliphatic heterocycles. The fraction of sp³-hybridized carbons (Fsp3) is 0.412. The highest BCUT2D eigenvalue weighted by atomic mass is 16.5. The van der Waals surface area contributed by atoms with E-state index in [4.69, 9.17) is 9.15 Å². The lowest BCUT2D eigenvalue weighted by Crippen LogP contribution is -2.31. The molecule has 3 aromatic heterocycles. The highest BCUT2D eigenvalue weighted by Gasteiger charge is 2.21. The van der Waals surface area contributed by atoms with Crippen molar-refractivity contribution in [2.24, 2.45) is 4.99 Å². The van der Waals surface area contributed by atoms with Gasteiger partial charge in [0.1, 0.15) is 24.9 Å². The van der Waals surface area contributed by atoms with Crippen molar-refractivity contribution in [1.29, 1.82) is 0 Å². The Morgan fingerprint density at radius 1 is 1.41 bits per heavy atom. The molecule has 2 N–H and O–H groups in total. The van der Waals surface area contributed by atoms with Gasteiger partial charge in [0.15, 0.2) is 17.2 Å². The predicted octanol–water partition coefficient (Wildman–Crippen LogP) is 1.02. The highest BCUT2D eigenvalue weighted by Crippen LogP contribution is 2.32. The van der Waals surface area contributed by atoms with E-state index in [1.54, 1.807) is 36.6 Å². The van der Waals surface area contributed by atoms with E-state index in [1.807, 2.05) is 14.1 Å². The molecule has 144 valence electrons. The number of aliphatic hydroxyl groups excluding tert-OH is 2. The molecule has 0 fully saturated rings. The van der Waals surface area contributed by atoms with Crippen molar-refractivity contribution in [2.45, 2.75) is 25.9 Å². The van der Waals surface area contributed by atoms with Crippen LogP contribution in [-0.2, 0) is 11.5 Å². The Kier molecular flexibility index (Phi) is 5.79. The van der Waals surface area contributed by atoms with E-state index in [9.17, 15) is 10.2 Å². The summed E-state index contributed by atoms with van der Waals surface area (Å²) in [5.41, 5.74) is 1.03. The number of fused-ring (bicyclic) bond motifs is 1. The Hall–Kier alpha value is -2.82. The summed E-state index contributed by atoms with van der Waals surface area (Å²) in [6.45, 7) is 1.23. The van der Waals surface area contributed by atoms with Crippen molar-refractivity contribution in [3.63, 3.8) is 0 Å². The summed E-state index contributed by atoms with van der Waals surface area (Å²) < 4.78 is 12.6. The Labute approximate surface area is 155 Å². The maximum atomic E-state index is 9.65. The average molecular weight is 374 g/mol. The van der Waals surface area contributed by atoms with E-state index in [0.29, 0.717) is 28.3 Å². The zero-order valence-corrected chi connectivity index (χ0v) is 15.3. The van der Waals surface area contributed by atoms with Gasteiger partial charge in [-0.1, -0.05) is 0 Å². The molecule has 0 bridgehead atoms. The molecule has 3 rings (SSSR count). The maximum absolute atomic E-state index is 9.65. The Morgan fingerprint density at radius 2 is 2.22 bits per heavy atom. The van der Waals surface area contributed by atoms with Crippen LogP contribution in [0.5, 0.6) is 0 Å². The second-order valence-electron chi connectivity index (χ2n) is 6.19. The van der Waals surface area contributed by atoms with Gasteiger partial charge >= 0.3 is 0 Å². The van der Waals surface area contributed by atoms with Gasteiger partial charge < -0.3 is 24.3 Å². The van der Waals surface area contributed by atoms with E-state index in [-0.39, 0.29) is 13.3 Å². The first-order valence-electron chi connectivity index (χ1n) is 8.37. The van der Waals surface area contributed by atoms with Gasteiger partial charge in [-0.3, -0.25) is 0 Å². The normalized spacial score (nSPS) is 14.1. The number of furan rings is 1. The largest absolute Gasteiger partial charge is 0.463 e. The molecule has 2 atom stereocenters. The summed E-state index contributed by atoms with van der Waals surface area (Å²) in [6, 6.07) is 3.55. The zero-order valence-electron chi connectivity index (χ0n) is 15.3. The van der Waals surface area contributed by atoms with Crippen molar-refractivity contribution in [3.8, 4) is 11.5 Å². The first-order valence-corrected chi connectivity index (χ1v) is 8.37. The minimum atomic E-state index is -0.823. The molecule has 0 saturated carbocycles. The third-order valence-electron chi connectivity index (χ3n) is 3.80. The Bertz CT molecular complexity index is 904. The summed E-state index contributed by atoms with van der Waals surface area (Å²) in [7, 11) is 3.72. The van der Waals surface area contributed by atoms with Crippen molar-refractivity contribution >= 4 is 23.2 Å². The molecule has 0 aliphatic carbocycles. The third-order valence-corrected chi connectivity index (χ3v) is 3.80. The van der Waals surface area contributed by atoms with Crippen molar-refractivity contribution in [3.05, 3.63) is 24.7 Å². The molecule has 10 nitrogen and oxygen atoms in total. The average Bonchev–Trinajstić information content (AvgIpc) is 3.28. The van der Waals surface area contributed by atoms with Crippen LogP contribution in [0.25, 0.3) is 22.5 Å². The van der Waals surface area contributed by atoms with Crippen LogP contribution in [0.15, 0.2) is 34.1 Å². The van der Waals surface area contributed by atoms with Gasteiger partial charge in [-0.05, 0) is 19.1 Å². The topological polar surface area (TPSA) is 122 Å². The number of aliphatic imine (C=N–C) groups is 1. The van der Waals surface area contributed by atoms with E-state index in [2.05, 4.69) is 20.1 Å². The van der Waals surface area contributed by atoms with E-state index in [1.165, 1.54) is 11.0 Å². The molecule has 0 spiro atoms. The standard InChI is InChI=1S/C17H22N6O4/c1-11(25)13(7-24)27-10-23-17-14(15(21-23)12-5-4-6-26-12)16(18-8-19-17)20-9-22(2)3/h4-6,8-9,11,13,24-25H,7,10H2,1-3H3. The summed E-state index contributed by atoms with van der Waals surface area (Å²) in [4.78, 5) is 14.7. The molecule has 3 aromatic rings. The van der Waals surface area contributed by atoms with E-state index in [0.717, 1.165) is 0 Å². The molecule has 0 amide bonds. The minimum absolute atomic E-state index is 0.0127. The molecule has 0 aliphatic rings. The van der Waals surface area contributed by atoms with E-state index < -0.39 is 12.2 Å². The van der Waals surface area contributed by atoms with Crippen molar-refractivity contribution in [2.75, 3.05) is 20.7 Å². The van der Waals surface area contributed by atoms with E-state index >= 15 is 0 Å². The molecule has 0 aromatic carbocycles. The second-order valence-corrected chi connectivity index (χ2v) is 6.19. The summed E-state index contributed by atoms with van der Waals surface area (Å²) in [5, 5.41) is 24.1. The van der Waals surface area contributed by atoms with Crippen LogP contribution in [0, 0.1) is 0 Å². The van der Waals surface area contributed by atoms with Crippen LogP contribution in [-0.4, -0.2) is 74.1 Å². The third kappa shape index (κ3) is 4.13. The van der Waals surface area contributed by atoms with Crippen molar-refractivity contribution in [1.82, 2.24) is 24.6 Å². The first-order chi connectivity index (χ1) is 13.0. The SMILES string of the molecule is CC(O)C(CO)OCn1nc(-c2ccco2)c2c(N=CN(C)C)ncnc21. The molecular formula is C17H22N6O4. The minimum Gasteiger partial charge on any atom is -0.463 e. The van der Waals surface area contributed by atoms with Crippen LogP contribution in [0.2, 0.25) is 0 Å². The molecule has 0 saturated heterocycles. The highest BCUT2D eigenvalue weighted by molar-refractivity contribution is 5.97. The zero-order chi connectivity index (χ0) is 19.4. The smallest absolute Gasteiger partial charge is 0.168 e. The lowest BCUT2D eigenvalue weighted by Gasteiger charge is -2.17. The number of nitrogens with zero attached hydrogens (tertiary/aromatic N) is 6. The number of aromatic nitrogens is 4. The molecular weight excluding hydrogens is 352 g/mol. The van der Waals surface area contributed by atoms with Crippen LogP contribution in [0.3, 0.4) is 0 Å². The summed E-state index contributed by atoms with van der Waals surface area (Å²) >= 11 is 0. The number of aliphatic hydroxyl groups is 2. The van der Waals surface area contributed by atoms with Crippen LogP contribution < -0.4 is 0 Å². The van der Waals surface area contributed by atoms with Gasteiger partial charge in [-0.2, -0.15) is 5.10 Å². The van der Waals surface area contributed by atoms with Gasteiger partial charge in [0.05, 0.1) is 30.7 Å². The van der Waals surface area contributed by atoms with Gasteiger partial charge in [-0.15, -0.1) is 0 Å². The van der Waals surface area contributed by atoms with Crippen LogP contribution >= 0.6 is 0 Å². The molecule has 2 unspecified atom stereocenters. The van der Waals surface area contributed by atoms with Gasteiger partial charge in [-0.25, -0.2) is 19.6 Å². The lowest BCUT2D eigenvalue weighted by molar-refractivity contribution is -0.0831. The molecule has 0 radical (unpaired) electrons. The number of hydrogen-bond donors (Lipinski definition) is 2. The Balaban J connectivity index is 2.06. The summed E-state index contributed by atoms with van der Waals surface area (Å²) in [5.74, 6) is 0.990. The molecule has 27 heavy (non-hydrogen) atoms. The maximum Gasteiger partial charge on any atom is 0.168 e. The van der Waals surface area contributed by atoms with Gasteiger partial charge in [0.2, 0.25) is 0 Å². The fourth-order valence-corrected chi connectivity index (χ4v) is 2.45. The first kappa shape index (κ1) is 19.0. The van der Waals surface area contributed by atoms with Gasteiger partial charge in [0.25, 0.3) is 0 Å². The molecule has 3 heterocycles. The lowest BCUT2D eigenvalue weighted by atomic mass is 10.2. The number of ether oxygens (including phenoxy) is 1. The monoisotopic (exact) mass is 374 g/mol. The van der Waals surface area contributed by atoms with Crippen molar-refractivity contribution < 1.29 is 19.4 Å².